The van der Waals surface area contributed by atoms with E-state index in [1.54, 1.807) is 36.4 Å². The Morgan fingerprint density at radius 1 is 0.289 bits per heavy atom. The van der Waals surface area contributed by atoms with Crippen LogP contribution in [-0.2, 0) is 95.7 Å². The summed E-state index contributed by atoms with van der Waals surface area (Å²) < 4.78 is 23.5. The zero-order valence-corrected chi connectivity index (χ0v) is 73.2. The summed E-state index contributed by atoms with van der Waals surface area (Å²) in [6.07, 6.45) is 22.7. The van der Waals surface area contributed by atoms with Crippen molar-refractivity contribution in [1.82, 2.24) is 19.9 Å². The summed E-state index contributed by atoms with van der Waals surface area (Å²) in [4.78, 5) is 140. The molecule has 12 bridgehead atoms. The second-order valence-electron chi connectivity index (χ2n) is 38.5. The van der Waals surface area contributed by atoms with E-state index in [2.05, 4.69) is 141 Å². The van der Waals surface area contributed by atoms with Crippen LogP contribution in [0.25, 0.3) is 90.9 Å². The Kier molecular flexibility index (Phi) is 25.9. The van der Waals surface area contributed by atoms with Crippen LogP contribution in [0.4, 0.5) is 22.7 Å². The number of nitrogens with one attached hydrogen (secondary N) is 4. The Labute approximate surface area is 721 Å². The molecule has 4 aliphatic carbocycles. The second-order valence-corrected chi connectivity index (χ2v) is 38.5. The number of esters is 4. The van der Waals surface area contributed by atoms with E-state index < -0.39 is 94.8 Å². The predicted molar refractivity (Wildman–Crippen MR) is 472 cm³/mol. The molecule has 21 heteroatoms. The van der Waals surface area contributed by atoms with Gasteiger partial charge < -0.3 is 50.2 Å². The predicted octanol–water partition coefficient (Wildman–Crippen LogP) is 20.5. The summed E-state index contributed by atoms with van der Waals surface area (Å²) in [5.74, 6) is -8.93. The molecule has 1 radical (unpaired) electrons. The van der Waals surface area contributed by atoms with E-state index in [4.69, 9.17) is 38.9 Å². The average Bonchev–Trinajstić information content (AvgIpc) is 1.56. The Morgan fingerprint density at radius 2 is 0.512 bits per heavy atom. The van der Waals surface area contributed by atoms with Crippen molar-refractivity contribution >= 4 is 117 Å². The van der Waals surface area contributed by atoms with E-state index >= 15 is 19.2 Å². The van der Waals surface area contributed by atoms with Crippen LogP contribution in [-0.4, -0.2) is 83.9 Å². The number of benzene rings is 4. The maximum atomic E-state index is 15.2. The number of nitrogens with zero attached hydrogens (tertiary/aromatic N) is 4. The number of amides is 4. The van der Waals surface area contributed by atoms with Crippen molar-refractivity contribution in [2.45, 2.75) is 233 Å². The fourth-order valence-corrected chi connectivity index (χ4v) is 17.1. The van der Waals surface area contributed by atoms with Crippen molar-refractivity contribution in [2.75, 3.05) is 47.7 Å². The third kappa shape index (κ3) is 20.1. The molecule has 2 unspecified atom stereocenters. The zero-order chi connectivity index (χ0) is 84.7. The van der Waals surface area contributed by atoms with Crippen LogP contribution >= 0.6 is 0 Å². The van der Waals surface area contributed by atoms with Crippen LogP contribution in [0.2, 0.25) is 0 Å². The summed E-state index contributed by atoms with van der Waals surface area (Å²) in [7, 11) is 0. The smallest absolute Gasteiger partial charge is 0.657 e. The van der Waals surface area contributed by atoms with Crippen LogP contribution in [0.5, 0.6) is 0 Å². The van der Waals surface area contributed by atoms with Gasteiger partial charge in [-0.1, -0.05) is 233 Å². The first-order chi connectivity index (χ1) is 57.3. The van der Waals surface area contributed by atoms with Crippen molar-refractivity contribution in [1.29, 1.82) is 0 Å². The van der Waals surface area contributed by atoms with Crippen LogP contribution in [0.3, 0.4) is 0 Å². The molecule has 8 atom stereocenters. The molecule has 6 aliphatic heterocycles. The topological polar surface area (TPSA) is 276 Å². The fraction of sp³-hybridized carbons (Fsp3) is 0.480. The number of carbonyl (C=O) groups excluding carboxylic acids is 8. The summed E-state index contributed by atoms with van der Waals surface area (Å²) >= 11 is 0. The van der Waals surface area contributed by atoms with Crippen molar-refractivity contribution in [3.63, 3.8) is 0 Å². The van der Waals surface area contributed by atoms with E-state index in [0.29, 0.717) is 127 Å². The van der Waals surface area contributed by atoms with Gasteiger partial charge in [0.1, 0.15) is 0 Å². The van der Waals surface area contributed by atoms with Crippen LogP contribution in [0.1, 0.15) is 257 Å². The first-order valence-corrected chi connectivity index (χ1v) is 43.9. The molecule has 4 fully saturated rings. The van der Waals surface area contributed by atoms with E-state index in [0.717, 1.165) is 110 Å². The zero-order valence-electron chi connectivity index (χ0n) is 72.2. The summed E-state index contributed by atoms with van der Waals surface area (Å²) in [6.45, 7) is 27.1. The van der Waals surface area contributed by atoms with Crippen LogP contribution in [0, 0.1) is 47.3 Å². The number of fused-ring (bicyclic) bond motifs is 30. The van der Waals surface area contributed by atoms with Crippen molar-refractivity contribution in [2.24, 2.45) is 47.3 Å². The number of hydrogen-bond acceptors (Lipinski definition) is 14. The maximum Gasteiger partial charge on any atom is 2.00 e. The van der Waals surface area contributed by atoms with E-state index in [1.165, 1.54) is 0 Å². The molecule has 7 aromatic rings. The molecule has 9 heterocycles. The van der Waals surface area contributed by atoms with Gasteiger partial charge in [0.25, 0.3) is 0 Å². The minimum Gasteiger partial charge on any atom is -0.657 e. The molecule has 20 nitrogen and oxygen atoms in total. The Hall–Kier alpha value is -10.3. The maximum absolute atomic E-state index is 15.2. The van der Waals surface area contributed by atoms with Gasteiger partial charge in [-0.15, -0.1) is 22.1 Å². The monoisotopic (exact) mass is 1680 g/mol. The average molecular weight is 1680 g/mol. The molecule has 4 aromatic carbocycles. The van der Waals surface area contributed by atoms with Crippen molar-refractivity contribution < 1.29 is 74.1 Å². The van der Waals surface area contributed by atoms with Gasteiger partial charge in [0.15, 0.2) is 0 Å². The quantitative estimate of drug-likeness (QED) is 0.0925. The minimum absolute atomic E-state index is 0. The normalized spacial score (nSPS) is 22.8. The number of carbonyl (C=O) groups is 8. The van der Waals surface area contributed by atoms with Crippen molar-refractivity contribution in [3.8, 4) is 44.5 Å². The summed E-state index contributed by atoms with van der Waals surface area (Å²) in [5.41, 5.74) is 12.0. The summed E-state index contributed by atoms with van der Waals surface area (Å²) in [6, 6.07) is 31.7. The van der Waals surface area contributed by atoms with Crippen LogP contribution < -0.4 is 31.2 Å². The van der Waals surface area contributed by atoms with E-state index in [1.807, 2.05) is 48.6 Å². The van der Waals surface area contributed by atoms with Gasteiger partial charge in [-0.25, -0.2) is 9.97 Å². The largest absolute Gasteiger partial charge is 2.00 e. The number of hydrogen-bond donors (Lipinski definition) is 4. The molecular weight excluding hydrogens is 1560 g/mol. The van der Waals surface area contributed by atoms with Crippen LogP contribution in [0.15, 0.2) is 97.1 Å². The molecule has 4 saturated carbocycles. The number of aromatic nitrogens is 4. The molecule has 637 valence electrons. The van der Waals surface area contributed by atoms with Gasteiger partial charge in [0.05, 0.1) is 119 Å². The molecule has 17 rings (SSSR count). The first-order valence-electron chi connectivity index (χ1n) is 43.9. The van der Waals surface area contributed by atoms with Gasteiger partial charge in [0.2, 0.25) is 23.6 Å². The number of ether oxygens (including phenoxy) is 4. The van der Waals surface area contributed by atoms with Gasteiger partial charge in [-0.3, -0.25) is 38.4 Å². The summed E-state index contributed by atoms with van der Waals surface area (Å²) in [5, 5.41) is 13.1. The molecule has 0 spiro atoms. The van der Waals surface area contributed by atoms with Gasteiger partial charge >= 0.3 is 40.7 Å². The van der Waals surface area contributed by atoms with Gasteiger partial charge in [-0.2, -0.15) is 0 Å². The Bertz CT molecular complexity index is 4900. The second kappa shape index (κ2) is 36.0. The molecule has 10 aliphatic rings. The Balaban J connectivity index is 0.0000120. The number of rotatable bonds is 2. The molecule has 4 amide bonds. The standard InChI is InChI=1S/C100H118N8O12.Co/c1-97(2,3)59-47-57(48-60(51-59)98(4,5)6)83-75-35-39-79(101-75)87-81-41-37-77(103-81)84(58-49-61(99(7,8)9)52-62(50-58)100(10,11)12)78-38-42-82(104-78)88(80-40-36-76(83)102-80)86-72-32-30-34-74(86)108-92(112)66-56-70(66)96(116)120-46-28-24-20-16-15-19-23-27-45-119-95(115)69-55-65(69)91(111)107-73-33-29-31-71(85(73)87)105-89(109)63-53-67(63)93(113)117-43-25-21-17-13-14-18-22-26-44-118-94(114)68-54-64(68)90(110)106-72;/h29-42,47-52,63-70H,13-28,43-46,53-56H2,1-12H3,(H6,101,102,103,104,105,106,107,108,109,110,111,112);/q;+2/p-2/t63-,64?,65?,66+,67-,68+,69-,70-;/m0./s1. The van der Waals surface area contributed by atoms with Gasteiger partial charge in [-0.05, 0) is 177 Å². The molecule has 4 N–H and O–H groups in total. The fourth-order valence-electron chi connectivity index (χ4n) is 17.1. The Morgan fingerprint density at radius 3 is 0.752 bits per heavy atom. The third-order valence-corrected chi connectivity index (χ3v) is 25.0. The molecular formula is C100H116CoN8O12. The SMILES string of the molecule is CC(C)(C)c1cc(-c2c3nc(c4c5ccc([n-]5)c(-c5cc(C(C)(C)C)cc(C(C)(C)C)c5)c5nc(c(c6ccc2[n-]6)-c2c6cccc2NC(=O)[C@H]2C[C@@H]2C(=O)OCCCCCCCCCCOC(=O)[C@@H]2CC2C(=O)Nc2cccc(c2-4)NC(=O)[C@@H]2C[C@@H]2C(=O)OCCCCCCCCCCOC(=O)[C@H]2CC2C(=O)N6)C=C5)C=C3)cc(C(C)(C)C)c1.[Co+2]. The minimum atomic E-state index is -0.721. The van der Waals surface area contributed by atoms with Gasteiger partial charge in [0, 0.05) is 11.1 Å². The molecule has 121 heavy (non-hydrogen) atoms. The first kappa shape index (κ1) is 87.1. The van der Waals surface area contributed by atoms with Crippen molar-refractivity contribution in [3.05, 3.63) is 142 Å². The van der Waals surface area contributed by atoms with E-state index in [9.17, 15) is 19.2 Å². The third-order valence-electron chi connectivity index (χ3n) is 25.0. The molecule has 3 aromatic heterocycles. The number of anilines is 4. The van der Waals surface area contributed by atoms with E-state index in [-0.39, 0.29) is 90.5 Å². The molecule has 0 saturated heterocycles.